The van der Waals surface area contributed by atoms with E-state index in [-0.39, 0.29) is 12.3 Å². The SMILES string of the molecule is Cc1c(C(=O)OC(C)(C)C)nnn1CCCO. The Morgan fingerprint density at radius 1 is 1.47 bits per heavy atom. The lowest BCUT2D eigenvalue weighted by atomic mass is 10.2. The first-order valence-electron chi connectivity index (χ1n) is 5.59. The molecule has 0 radical (unpaired) electrons. The molecule has 0 unspecified atom stereocenters. The number of hydrogen-bond acceptors (Lipinski definition) is 5. The fourth-order valence-electron chi connectivity index (χ4n) is 1.31. The Morgan fingerprint density at radius 3 is 2.65 bits per heavy atom. The van der Waals surface area contributed by atoms with Gasteiger partial charge in [0.1, 0.15) is 5.60 Å². The Kier molecular flexibility index (Phi) is 4.22. The molecule has 17 heavy (non-hydrogen) atoms. The molecule has 1 rings (SSSR count). The van der Waals surface area contributed by atoms with E-state index in [2.05, 4.69) is 10.3 Å². The van der Waals surface area contributed by atoms with Crippen molar-refractivity contribution in [2.75, 3.05) is 6.61 Å². The van der Waals surface area contributed by atoms with Crippen molar-refractivity contribution in [3.8, 4) is 0 Å². The summed E-state index contributed by atoms with van der Waals surface area (Å²) in [5.41, 5.74) is 0.351. The van der Waals surface area contributed by atoms with Crippen molar-refractivity contribution in [3.05, 3.63) is 11.4 Å². The highest BCUT2D eigenvalue weighted by atomic mass is 16.6. The first-order chi connectivity index (χ1) is 7.85. The zero-order valence-corrected chi connectivity index (χ0v) is 10.7. The molecule has 1 aromatic heterocycles. The molecule has 0 saturated heterocycles. The number of rotatable bonds is 4. The summed E-state index contributed by atoms with van der Waals surface area (Å²) in [7, 11) is 0. The number of aliphatic hydroxyl groups excluding tert-OH is 1. The van der Waals surface area contributed by atoms with Gasteiger partial charge in [0.25, 0.3) is 0 Å². The number of nitrogens with zero attached hydrogens (tertiary/aromatic N) is 3. The summed E-state index contributed by atoms with van der Waals surface area (Å²) in [5.74, 6) is -0.467. The minimum atomic E-state index is -0.543. The van der Waals surface area contributed by atoms with Gasteiger partial charge in [0, 0.05) is 13.2 Å². The molecule has 0 aromatic carbocycles. The van der Waals surface area contributed by atoms with E-state index in [1.165, 1.54) is 0 Å². The molecule has 0 spiro atoms. The zero-order chi connectivity index (χ0) is 13.1. The van der Waals surface area contributed by atoms with Gasteiger partial charge in [-0.05, 0) is 34.1 Å². The van der Waals surface area contributed by atoms with E-state index < -0.39 is 11.6 Å². The van der Waals surface area contributed by atoms with Crippen LogP contribution in [-0.4, -0.2) is 38.3 Å². The molecule has 0 bridgehead atoms. The van der Waals surface area contributed by atoms with Crippen LogP contribution in [0.15, 0.2) is 0 Å². The lowest BCUT2D eigenvalue weighted by Crippen LogP contribution is -2.24. The molecule has 1 heterocycles. The highest BCUT2D eigenvalue weighted by Crippen LogP contribution is 2.13. The second kappa shape index (κ2) is 5.27. The Bertz CT molecular complexity index is 393. The van der Waals surface area contributed by atoms with Gasteiger partial charge in [-0.25, -0.2) is 9.48 Å². The molecule has 0 saturated carbocycles. The highest BCUT2D eigenvalue weighted by Gasteiger charge is 2.23. The third-order valence-electron chi connectivity index (χ3n) is 2.10. The standard InChI is InChI=1S/C11H19N3O3/c1-8-9(10(16)17-11(2,3)4)12-13-14(8)6-5-7-15/h15H,5-7H2,1-4H3. The fraction of sp³-hybridized carbons (Fsp3) is 0.727. The van der Waals surface area contributed by atoms with Crippen LogP contribution in [0.25, 0.3) is 0 Å². The van der Waals surface area contributed by atoms with Gasteiger partial charge in [-0.15, -0.1) is 5.10 Å². The molecule has 0 atom stereocenters. The Labute approximate surface area is 101 Å². The number of ether oxygens (including phenoxy) is 1. The summed E-state index contributed by atoms with van der Waals surface area (Å²) >= 11 is 0. The number of esters is 1. The van der Waals surface area contributed by atoms with E-state index >= 15 is 0 Å². The summed E-state index contributed by atoms with van der Waals surface area (Å²) in [5, 5.41) is 16.4. The van der Waals surface area contributed by atoms with Crippen molar-refractivity contribution in [3.63, 3.8) is 0 Å². The molecule has 0 amide bonds. The van der Waals surface area contributed by atoms with Crippen LogP contribution in [0.1, 0.15) is 43.4 Å². The molecule has 0 aliphatic heterocycles. The minimum absolute atomic E-state index is 0.0844. The zero-order valence-electron chi connectivity index (χ0n) is 10.7. The lowest BCUT2D eigenvalue weighted by molar-refractivity contribution is 0.00619. The molecule has 0 fully saturated rings. The Morgan fingerprint density at radius 2 is 2.12 bits per heavy atom. The molecule has 0 aliphatic carbocycles. The van der Waals surface area contributed by atoms with E-state index in [1.807, 2.05) is 0 Å². The fourth-order valence-corrected chi connectivity index (χ4v) is 1.31. The van der Waals surface area contributed by atoms with Crippen LogP contribution < -0.4 is 0 Å². The van der Waals surface area contributed by atoms with Crippen LogP contribution in [0.5, 0.6) is 0 Å². The predicted molar refractivity (Wildman–Crippen MR) is 61.6 cm³/mol. The third-order valence-corrected chi connectivity index (χ3v) is 2.10. The maximum absolute atomic E-state index is 11.8. The number of carbonyl (C=O) groups is 1. The van der Waals surface area contributed by atoms with Gasteiger partial charge in [0.2, 0.25) is 0 Å². The maximum Gasteiger partial charge on any atom is 0.361 e. The molecule has 96 valence electrons. The van der Waals surface area contributed by atoms with Crippen LogP contribution in [-0.2, 0) is 11.3 Å². The van der Waals surface area contributed by atoms with Gasteiger partial charge in [-0.1, -0.05) is 5.21 Å². The van der Waals surface area contributed by atoms with Gasteiger partial charge < -0.3 is 9.84 Å². The molecular formula is C11H19N3O3. The maximum atomic E-state index is 11.8. The van der Waals surface area contributed by atoms with Crippen molar-refractivity contribution >= 4 is 5.97 Å². The molecule has 1 aromatic rings. The van der Waals surface area contributed by atoms with Crippen LogP contribution >= 0.6 is 0 Å². The average Bonchev–Trinajstić information content (AvgIpc) is 2.54. The summed E-state index contributed by atoms with van der Waals surface area (Å²) in [6.07, 6.45) is 0.581. The van der Waals surface area contributed by atoms with Gasteiger partial charge in [0.15, 0.2) is 5.69 Å². The first kappa shape index (κ1) is 13.6. The highest BCUT2D eigenvalue weighted by molar-refractivity contribution is 5.88. The second-order valence-electron chi connectivity index (χ2n) is 4.83. The van der Waals surface area contributed by atoms with Crippen molar-refractivity contribution < 1.29 is 14.6 Å². The smallest absolute Gasteiger partial charge is 0.361 e. The molecule has 1 N–H and O–H groups in total. The quantitative estimate of drug-likeness (QED) is 0.793. The third kappa shape index (κ3) is 3.81. The van der Waals surface area contributed by atoms with Crippen molar-refractivity contribution in [1.82, 2.24) is 15.0 Å². The van der Waals surface area contributed by atoms with E-state index in [9.17, 15) is 4.79 Å². The molecule has 6 heteroatoms. The lowest BCUT2D eigenvalue weighted by Gasteiger charge is -2.18. The van der Waals surface area contributed by atoms with Gasteiger partial charge >= 0.3 is 5.97 Å². The van der Waals surface area contributed by atoms with Gasteiger partial charge in [0.05, 0.1) is 5.69 Å². The Hall–Kier alpha value is -1.43. The summed E-state index contributed by atoms with van der Waals surface area (Å²) < 4.78 is 6.81. The molecule has 0 aliphatic rings. The predicted octanol–water partition coefficient (Wildman–Crippen LogP) is 0.924. The number of aromatic nitrogens is 3. The van der Waals surface area contributed by atoms with Crippen molar-refractivity contribution in [2.45, 2.75) is 46.3 Å². The van der Waals surface area contributed by atoms with Crippen LogP contribution in [0, 0.1) is 6.92 Å². The van der Waals surface area contributed by atoms with Crippen LogP contribution in [0.4, 0.5) is 0 Å². The van der Waals surface area contributed by atoms with Gasteiger partial charge in [-0.3, -0.25) is 0 Å². The second-order valence-corrected chi connectivity index (χ2v) is 4.83. The Balaban J connectivity index is 2.78. The monoisotopic (exact) mass is 241 g/mol. The summed E-state index contributed by atoms with van der Waals surface area (Å²) in [6.45, 7) is 7.79. The summed E-state index contributed by atoms with van der Waals surface area (Å²) in [6, 6.07) is 0. The molecule has 6 nitrogen and oxygen atoms in total. The number of aryl methyl sites for hydroxylation is 1. The van der Waals surface area contributed by atoms with Crippen molar-refractivity contribution in [1.29, 1.82) is 0 Å². The average molecular weight is 241 g/mol. The first-order valence-corrected chi connectivity index (χ1v) is 5.59. The number of hydrogen-bond donors (Lipinski definition) is 1. The number of aliphatic hydroxyl groups is 1. The molecular weight excluding hydrogens is 222 g/mol. The van der Waals surface area contributed by atoms with E-state index in [1.54, 1.807) is 32.4 Å². The topological polar surface area (TPSA) is 77.2 Å². The van der Waals surface area contributed by atoms with Crippen molar-refractivity contribution in [2.24, 2.45) is 0 Å². The largest absolute Gasteiger partial charge is 0.455 e. The van der Waals surface area contributed by atoms with Crippen LogP contribution in [0.3, 0.4) is 0 Å². The van der Waals surface area contributed by atoms with E-state index in [4.69, 9.17) is 9.84 Å². The normalized spacial score (nSPS) is 11.6. The number of carbonyl (C=O) groups excluding carboxylic acids is 1. The van der Waals surface area contributed by atoms with Crippen LogP contribution in [0.2, 0.25) is 0 Å². The van der Waals surface area contributed by atoms with E-state index in [0.717, 1.165) is 0 Å². The summed E-state index contributed by atoms with van der Waals surface area (Å²) in [4.78, 5) is 11.8. The van der Waals surface area contributed by atoms with E-state index in [0.29, 0.717) is 18.7 Å². The minimum Gasteiger partial charge on any atom is -0.455 e. The van der Waals surface area contributed by atoms with Gasteiger partial charge in [-0.2, -0.15) is 0 Å².